The number of nitrogen functional groups attached to an aromatic ring is 1. The Morgan fingerprint density at radius 2 is 2.00 bits per heavy atom. The van der Waals surface area contributed by atoms with Gasteiger partial charge in [-0.2, -0.15) is 0 Å². The first-order valence-corrected chi connectivity index (χ1v) is 6.10. The van der Waals surface area contributed by atoms with Crippen LogP contribution in [0.25, 0.3) is 0 Å². The monoisotopic (exact) mass is 262 g/mol. The van der Waals surface area contributed by atoms with E-state index in [1.807, 2.05) is 26.8 Å². The number of hydrazine groups is 1. The van der Waals surface area contributed by atoms with Gasteiger partial charge in [-0.15, -0.1) is 0 Å². The Balaban J connectivity index is 2.12. The van der Waals surface area contributed by atoms with E-state index in [-0.39, 0.29) is 5.92 Å². The topological polar surface area (TPSA) is 102 Å². The fraction of sp³-hybridized carbons (Fsp3) is 0.417. The van der Waals surface area contributed by atoms with Gasteiger partial charge in [0.05, 0.1) is 6.54 Å². The molecule has 7 heteroatoms. The number of nitrogens with zero attached hydrogens (tertiary/aromatic N) is 3. The van der Waals surface area contributed by atoms with Crippen LogP contribution in [0.1, 0.15) is 37.0 Å². The van der Waals surface area contributed by atoms with E-state index < -0.39 is 0 Å². The maximum atomic E-state index is 5.40. The SMILES string of the molecule is Cc1cc(CNc2cc(NN)nc(C(C)C)n2)no1. The highest BCUT2D eigenvalue weighted by molar-refractivity contribution is 5.47. The molecular formula is C12H18N6O. The van der Waals surface area contributed by atoms with Gasteiger partial charge >= 0.3 is 0 Å². The van der Waals surface area contributed by atoms with Gasteiger partial charge in [0.15, 0.2) is 0 Å². The van der Waals surface area contributed by atoms with E-state index >= 15 is 0 Å². The van der Waals surface area contributed by atoms with E-state index in [4.69, 9.17) is 10.4 Å². The summed E-state index contributed by atoms with van der Waals surface area (Å²) in [5.74, 6) is 8.43. The van der Waals surface area contributed by atoms with Crippen LogP contribution in [0.4, 0.5) is 11.6 Å². The predicted octanol–water partition coefficient (Wildman–Crippen LogP) is 1.79. The van der Waals surface area contributed by atoms with Crippen LogP contribution in [0.5, 0.6) is 0 Å². The van der Waals surface area contributed by atoms with Gasteiger partial charge in [-0.05, 0) is 6.92 Å². The molecule has 0 saturated carbocycles. The van der Waals surface area contributed by atoms with Crippen LogP contribution in [0.2, 0.25) is 0 Å². The number of aryl methyl sites for hydroxylation is 1. The summed E-state index contributed by atoms with van der Waals surface area (Å²) in [6, 6.07) is 3.62. The third-order valence-corrected chi connectivity index (χ3v) is 2.54. The molecule has 0 aliphatic rings. The molecule has 0 aliphatic heterocycles. The predicted molar refractivity (Wildman–Crippen MR) is 72.5 cm³/mol. The van der Waals surface area contributed by atoms with Crippen LogP contribution in [-0.2, 0) is 6.54 Å². The molecule has 19 heavy (non-hydrogen) atoms. The molecule has 0 bridgehead atoms. The molecule has 2 rings (SSSR count). The van der Waals surface area contributed by atoms with Crippen molar-refractivity contribution in [2.24, 2.45) is 5.84 Å². The molecule has 0 spiro atoms. The average molecular weight is 262 g/mol. The zero-order valence-corrected chi connectivity index (χ0v) is 11.3. The van der Waals surface area contributed by atoms with Gasteiger partial charge in [-0.25, -0.2) is 15.8 Å². The lowest BCUT2D eigenvalue weighted by Crippen LogP contribution is -2.13. The standard InChI is InChI=1S/C12H18N6O/c1-7(2)12-15-10(5-11(16-12)17-13)14-6-9-4-8(3)19-18-9/h4-5,7H,6,13H2,1-3H3,(H2,14,15,16,17). The summed E-state index contributed by atoms with van der Waals surface area (Å²) in [4.78, 5) is 8.72. The van der Waals surface area contributed by atoms with Crippen LogP contribution in [0, 0.1) is 6.92 Å². The fourth-order valence-electron chi connectivity index (χ4n) is 1.57. The normalized spacial score (nSPS) is 10.8. The van der Waals surface area contributed by atoms with E-state index in [1.165, 1.54) is 0 Å². The van der Waals surface area contributed by atoms with Gasteiger partial charge in [0.2, 0.25) is 0 Å². The van der Waals surface area contributed by atoms with Crippen LogP contribution in [-0.4, -0.2) is 15.1 Å². The number of hydrogen-bond acceptors (Lipinski definition) is 7. The van der Waals surface area contributed by atoms with E-state index in [0.717, 1.165) is 17.3 Å². The number of anilines is 2. The Hall–Kier alpha value is -2.15. The van der Waals surface area contributed by atoms with Gasteiger partial charge in [0.25, 0.3) is 0 Å². The second kappa shape index (κ2) is 5.66. The minimum absolute atomic E-state index is 0.225. The van der Waals surface area contributed by atoms with Gasteiger partial charge in [-0.3, -0.25) is 0 Å². The van der Waals surface area contributed by atoms with Gasteiger partial charge in [-0.1, -0.05) is 19.0 Å². The van der Waals surface area contributed by atoms with Crippen molar-refractivity contribution in [3.63, 3.8) is 0 Å². The first kappa shape index (κ1) is 13.3. The smallest absolute Gasteiger partial charge is 0.145 e. The maximum absolute atomic E-state index is 5.40. The summed E-state index contributed by atoms with van der Waals surface area (Å²) in [5.41, 5.74) is 3.36. The van der Waals surface area contributed by atoms with Crippen LogP contribution < -0.4 is 16.6 Å². The zero-order chi connectivity index (χ0) is 13.8. The summed E-state index contributed by atoms with van der Waals surface area (Å²) in [6.07, 6.45) is 0. The summed E-state index contributed by atoms with van der Waals surface area (Å²) >= 11 is 0. The minimum atomic E-state index is 0.225. The lowest BCUT2D eigenvalue weighted by atomic mass is 10.2. The second-order valence-corrected chi connectivity index (χ2v) is 4.58. The number of nitrogens with one attached hydrogen (secondary N) is 2. The van der Waals surface area contributed by atoms with E-state index in [0.29, 0.717) is 18.2 Å². The molecule has 2 heterocycles. The third-order valence-electron chi connectivity index (χ3n) is 2.54. The highest BCUT2D eigenvalue weighted by Crippen LogP contribution is 2.17. The molecule has 2 aromatic heterocycles. The average Bonchev–Trinajstić information content (AvgIpc) is 2.81. The molecule has 0 saturated heterocycles. The van der Waals surface area contributed by atoms with E-state index in [9.17, 15) is 0 Å². The number of nitrogens with two attached hydrogens (primary N) is 1. The van der Waals surface area contributed by atoms with Crippen molar-refractivity contribution in [2.75, 3.05) is 10.7 Å². The third kappa shape index (κ3) is 3.41. The summed E-state index contributed by atoms with van der Waals surface area (Å²) in [5, 5.41) is 7.08. The number of rotatable bonds is 5. The highest BCUT2D eigenvalue weighted by Gasteiger charge is 2.08. The molecule has 7 nitrogen and oxygen atoms in total. The minimum Gasteiger partial charge on any atom is -0.364 e. The molecule has 0 radical (unpaired) electrons. The molecule has 0 unspecified atom stereocenters. The van der Waals surface area contributed by atoms with Crippen molar-refractivity contribution in [1.82, 2.24) is 15.1 Å². The van der Waals surface area contributed by atoms with Crippen molar-refractivity contribution < 1.29 is 4.52 Å². The Kier molecular flexibility index (Phi) is 3.96. The van der Waals surface area contributed by atoms with Crippen molar-refractivity contribution in [2.45, 2.75) is 33.2 Å². The van der Waals surface area contributed by atoms with Crippen molar-refractivity contribution in [3.8, 4) is 0 Å². The quantitative estimate of drug-likeness (QED) is 0.557. The largest absolute Gasteiger partial charge is 0.364 e. The molecule has 0 aliphatic carbocycles. The van der Waals surface area contributed by atoms with E-state index in [2.05, 4.69) is 25.9 Å². The first-order chi connectivity index (χ1) is 9.08. The summed E-state index contributed by atoms with van der Waals surface area (Å²) in [6.45, 7) is 6.45. The number of aromatic nitrogens is 3. The summed E-state index contributed by atoms with van der Waals surface area (Å²) < 4.78 is 5.00. The lowest BCUT2D eigenvalue weighted by Gasteiger charge is -2.10. The molecule has 102 valence electrons. The van der Waals surface area contributed by atoms with Crippen LogP contribution in [0.3, 0.4) is 0 Å². The number of hydrogen-bond donors (Lipinski definition) is 3. The van der Waals surface area contributed by atoms with Crippen LogP contribution >= 0.6 is 0 Å². The first-order valence-electron chi connectivity index (χ1n) is 6.10. The van der Waals surface area contributed by atoms with Gasteiger partial charge in [0.1, 0.15) is 28.9 Å². The fourth-order valence-corrected chi connectivity index (χ4v) is 1.57. The molecule has 2 aromatic rings. The summed E-state index contributed by atoms with van der Waals surface area (Å²) in [7, 11) is 0. The molecule has 0 amide bonds. The molecule has 0 atom stereocenters. The second-order valence-electron chi connectivity index (χ2n) is 4.58. The Morgan fingerprint density at radius 3 is 2.58 bits per heavy atom. The Morgan fingerprint density at radius 1 is 1.26 bits per heavy atom. The molecule has 0 aromatic carbocycles. The Labute approximate surface area is 111 Å². The lowest BCUT2D eigenvalue weighted by molar-refractivity contribution is 0.391. The van der Waals surface area contributed by atoms with Crippen molar-refractivity contribution >= 4 is 11.6 Å². The maximum Gasteiger partial charge on any atom is 0.145 e. The van der Waals surface area contributed by atoms with E-state index in [1.54, 1.807) is 6.07 Å². The molecule has 0 fully saturated rings. The Bertz CT molecular complexity index is 551. The molecular weight excluding hydrogens is 244 g/mol. The van der Waals surface area contributed by atoms with Gasteiger partial charge in [0, 0.05) is 18.1 Å². The zero-order valence-electron chi connectivity index (χ0n) is 11.3. The van der Waals surface area contributed by atoms with Crippen LogP contribution in [0.15, 0.2) is 16.7 Å². The highest BCUT2D eigenvalue weighted by atomic mass is 16.5. The molecule has 4 N–H and O–H groups in total. The van der Waals surface area contributed by atoms with Crippen molar-refractivity contribution in [1.29, 1.82) is 0 Å². The van der Waals surface area contributed by atoms with Crippen molar-refractivity contribution in [3.05, 3.63) is 29.4 Å². The van der Waals surface area contributed by atoms with Gasteiger partial charge < -0.3 is 15.3 Å².